The molecule has 0 atom stereocenters. The first-order chi connectivity index (χ1) is 8.31. The molecule has 0 saturated carbocycles. The van der Waals surface area contributed by atoms with Crippen molar-refractivity contribution in [3.8, 4) is 5.75 Å². The second-order valence-corrected chi connectivity index (χ2v) is 3.91. The maximum Gasteiger partial charge on any atom is 0.162 e. The number of rotatable bonds is 5. The summed E-state index contributed by atoms with van der Waals surface area (Å²) < 4.78 is 10.7. The van der Waals surface area contributed by atoms with Crippen LogP contribution in [0.1, 0.15) is 11.3 Å². The Morgan fingerprint density at radius 3 is 2.88 bits per heavy atom. The van der Waals surface area contributed by atoms with Crippen LogP contribution in [0.5, 0.6) is 5.75 Å². The van der Waals surface area contributed by atoms with Gasteiger partial charge in [0, 0.05) is 5.02 Å². The minimum absolute atomic E-state index is 0.411. The topological polar surface area (TPSA) is 47.1 Å². The molecule has 90 valence electrons. The quantitative estimate of drug-likeness (QED) is 0.890. The van der Waals surface area contributed by atoms with Gasteiger partial charge in [0.2, 0.25) is 0 Å². The Morgan fingerprint density at radius 2 is 2.12 bits per heavy atom. The minimum atomic E-state index is 0.411. The number of aromatic amines is 1. The Balaban J connectivity index is 1.90. The molecule has 0 bridgehead atoms. The molecule has 5 heteroatoms. The number of H-pyrrole nitrogens is 1. The first kappa shape index (κ1) is 12.0. The van der Waals surface area contributed by atoms with Gasteiger partial charge in [0.15, 0.2) is 5.75 Å². The van der Waals surface area contributed by atoms with Crippen molar-refractivity contribution in [1.29, 1.82) is 0 Å². The highest BCUT2D eigenvalue weighted by molar-refractivity contribution is 6.31. The number of methoxy groups -OCH3 is 1. The molecule has 1 N–H and O–H groups in total. The van der Waals surface area contributed by atoms with Crippen LogP contribution in [0.4, 0.5) is 0 Å². The van der Waals surface area contributed by atoms with Crippen LogP contribution in [-0.2, 0) is 18.0 Å². The highest BCUT2D eigenvalue weighted by atomic mass is 35.5. The number of hydrogen-bond acceptors (Lipinski definition) is 3. The second-order valence-electron chi connectivity index (χ2n) is 3.50. The van der Waals surface area contributed by atoms with Crippen LogP contribution in [0.2, 0.25) is 5.02 Å². The standard InChI is InChI=1S/C12H13ClN2O2/c1-16-12-6-14-15-11(12)8-17-7-9-4-2-3-5-10(9)13/h2-6H,7-8H2,1H3,(H,14,15). The lowest BCUT2D eigenvalue weighted by molar-refractivity contribution is 0.103. The highest BCUT2D eigenvalue weighted by Gasteiger charge is 2.05. The summed E-state index contributed by atoms with van der Waals surface area (Å²) in [5, 5.41) is 7.42. The number of aromatic nitrogens is 2. The minimum Gasteiger partial charge on any atom is -0.493 e. The van der Waals surface area contributed by atoms with E-state index in [-0.39, 0.29) is 0 Å². The summed E-state index contributed by atoms with van der Waals surface area (Å²) in [6.45, 7) is 0.871. The van der Waals surface area contributed by atoms with Gasteiger partial charge in [0.25, 0.3) is 0 Å². The summed E-state index contributed by atoms with van der Waals surface area (Å²) in [6, 6.07) is 7.61. The second kappa shape index (κ2) is 5.70. The van der Waals surface area contributed by atoms with Crippen LogP contribution in [-0.4, -0.2) is 17.3 Å². The first-order valence-corrected chi connectivity index (χ1v) is 5.56. The Bertz CT molecular complexity index is 485. The Morgan fingerprint density at radius 1 is 1.29 bits per heavy atom. The molecule has 1 heterocycles. The van der Waals surface area contributed by atoms with Gasteiger partial charge in [-0.25, -0.2) is 0 Å². The van der Waals surface area contributed by atoms with Crippen LogP contribution < -0.4 is 4.74 Å². The molecule has 4 nitrogen and oxygen atoms in total. The fraction of sp³-hybridized carbons (Fsp3) is 0.250. The molecule has 0 radical (unpaired) electrons. The Hall–Kier alpha value is -1.52. The number of nitrogens with zero attached hydrogens (tertiary/aromatic N) is 1. The molecular formula is C12H13ClN2O2. The van der Waals surface area contributed by atoms with E-state index in [4.69, 9.17) is 21.1 Å². The van der Waals surface area contributed by atoms with Crippen LogP contribution in [0.3, 0.4) is 0 Å². The lowest BCUT2D eigenvalue weighted by Gasteiger charge is -2.06. The molecule has 0 unspecified atom stereocenters. The van der Waals surface area contributed by atoms with Crippen molar-refractivity contribution in [2.24, 2.45) is 0 Å². The number of benzene rings is 1. The monoisotopic (exact) mass is 252 g/mol. The average molecular weight is 253 g/mol. The predicted octanol–water partition coefficient (Wildman–Crippen LogP) is 2.79. The van der Waals surface area contributed by atoms with Gasteiger partial charge >= 0.3 is 0 Å². The average Bonchev–Trinajstić information content (AvgIpc) is 2.79. The number of hydrogen-bond donors (Lipinski definition) is 1. The van der Waals surface area contributed by atoms with E-state index in [1.165, 1.54) is 0 Å². The van der Waals surface area contributed by atoms with E-state index >= 15 is 0 Å². The summed E-state index contributed by atoms with van der Waals surface area (Å²) in [6.07, 6.45) is 1.62. The van der Waals surface area contributed by atoms with E-state index in [0.717, 1.165) is 11.3 Å². The normalized spacial score (nSPS) is 10.5. The maximum absolute atomic E-state index is 6.02. The lowest BCUT2D eigenvalue weighted by atomic mass is 10.2. The molecule has 0 aliphatic rings. The van der Waals surface area contributed by atoms with Crippen molar-refractivity contribution in [3.05, 3.63) is 46.7 Å². The molecule has 1 aromatic heterocycles. The smallest absolute Gasteiger partial charge is 0.162 e. The molecule has 0 fully saturated rings. The molecule has 2 aromatic rings. The van der Waals surface area contributed by atoms with Gasteiger partial charge in [-0.2, -0.15) is 5.10 Å². The van der Waals surface area contributed by atoms with Crippen molar-refractivity contribution in [2.75, 3.05) is 7.11 Å². The molecule has 0 aliphatic heterocycles. The number of halogens is 1. The molecule has 0 aliphatic carbocycles. The summed E-state index contributed by atoms with van der Waals surface area (Å²) in [5.74, 6) is 0.698. The van der Waals surface area contributed by atoms with Crippen molar-refractivity contribution < 1.29 is 9.47 Å². The zero-order valence-electron chi connectivity index (χ0n) is 9.44. The van der Waals surface area contributed by atoms with Crippen LogP contribution in [0.25, 0.3) is 0 Å². The van der Waals surface area contributed by atoms with E-state index in [0.29, 0.717) is 24.0 Å². The van der Waals surface area contributed by atoms with E-state index in [1.807, 2.05) is 24.3 Å². The number of nitrogens with one attached hydrogen (secondary N) is 1. The molecule has 0 amide bonds. The van der Waals surface area contributed by atoms with Crippen LogP contribution >= 0.6 is 11.6 Å². The largest absolute Gasteiger partial charge is 0.493 e. The van der Waals surface area contributed by atoms with Crippen molar-refractivity contribution in [1.82, 2.24) is 10.2 Å². The summed E-state index contributed by atoms with van der Waals surface area (Å²) in [5.41, 5.74) is 1.78. The summed E-state index contributed by atoms with van der Waals surface area (Å²) in [4.78, 5) is 0. The maximum atomic E-state index is 6.02. The van der Waals surface area contributed by atoms with Crippen molar-refractivity contribution >= 4 is 11.6 Å². The molecule has 2 rings (SSSR count). The third-order valence-corrected chi connectivity index (χ3v) is 2.73. The summed E-state index contributed by atoms with van der Waals surface area (Å²) in [7, 11) is 1.60. The zero-order chi connectivity index (χ0) is 12.1. The third-order valence-electron chi connectivity index (χ3n) is 2.36. The third kappa shape index (κ3) is 2.99. The fourth-order valence-electron chi connectivity index (χ4n) is 1.46. The van der Waals surface area contributed by atoms with Gasteiger partial charge in [0.05, 0.1) is 26.5 Å². The van der Waals surface area contributed by atoms with Gasteiger partial charge in [-0.05, 0) is 11.6 Å². The molecule has 17 heavy (non-hydrogen) atoms. The number of ether oxygens (including phenoxy) is 2. The Kier molecular flexibility index (Phi) is 4.01. The molecule has 0 spiro atoms. The fourth-order valence-corrected chi connectivity index (χ4v) is 1.65. The van der Waals surface area contributed by atoms with E-state index in [2.05, 4.69) is 10.2 Å². The zero-order valence-corrected chi connectivity index (χ0v) is 10.2. The molecule has 1 aromatic carbocycles. The van der Waals surface area contributed by atoms with Gasteiger partial charge in [-0.1, -0.05) is 29.8 Å². The SMILES string of the molecule is COc1cn[nH]c1COCc1ccccc1Cl. The predicted molar refractivity (Wildman–Crippen MR) is 65.1 cm³/mol. The van der Waals surface area contributed by atoms with Crippen molar-refractivity contribution in [2.45, 2.75) is 13.2 Å². The van der Waals surface area contributed by atoms with E-state index in [1.54, 1.807) is 13.3 Å². The Labute approximate surface area is 105 Å². The van der Waals surface area contributed by atoms with E-state index < -0.39 is 0 Å². The first-order valence-electron chi connectivity index (χ1n) is 5.18. The van der Waals surface area contributed by atoms with Gasteiger partial charge in [0.1, 0.15) is 5.69 Å². The van der Waals surface area contributed by atoms with Gasteiger partial charge in [-0.15, -0.1) is 0 Å². The van der Waals surface area contributed by atoms with Crippen LogP contribution in [0.15, 0.2) is 30.5 Å². The van der Waals surface area contributed by atoms with Crippen LogP contribution in [0, 0.1) is 0 Å². The lowest BCUT2D eigenvalue weighted by Crippen LogP contribution is -1.97. The van der Waals surface area contributed by atoms with Gasteiger partial charge < -0.3 is 9.47 Å². The van der Waals surface area contributed by atoms with E-state index in [9.17, 15) is 0 Å². The van der Waals surface area contributed by atoms with Gasteiger partial charge in [-0.3, -0.25) is 5.10 Å². The highest BCUT2D eigenvalue weighted by Crippen LogP contribution is 2.18. The summed E-state index contributed by atoms with van der Waals surface area (Å²) >= 11 is 6.02. The van der Waals surface area contributed by atoms with Crippen molar-refractivity contribution in [3.63, 3.8) is 0 Å². The molecule has 0 saturated heterocycles. The molecular weight excluding hydrogens is 240 g/mol.